The number of rotatable bonds is 13. The van der Waals surface area contributed by atoms with Crippen LogP contribution < -0.4 is 19.5 Å². The number of carbonyl (C=O) groups is 2. The predicted molar refractivity (Wildman–Crippen MR) is 191 cm³/mol. The van der Waals surface area contributed by atoms with Crippen molar-refractivity contribution in [3.8, 4) is 17.2 Å². The molecule has 3 aliphatic rings. The summed E-state index contributed by atoms with van der Waals surface area (Å²) in [6.45, 7) is 2.83. The van der Waals surface area contributed by atoms with Gasteiger partial charge in [-0.15, -0.1) is 0 Å². The lowest BCUT2D eigenvalue weighted by atomic mass is 9.86. The van der Waals surface area contributed by atoms with Gasteiger partial charge in [-0.25, -0.2) is 9.59 Å². The maximum Gasteiger partial charge on any atom is 0.338 e. The van der Waals surface area contributed by atoms with Gasteiger partial charge in [-0.05, 0) is 85.4 Å². The van der Waals surface area contributed by atoms with Gasteiger partial charge in [0.25, 0.3) is 0 Å². The third-order valence-electron chi connectivity index (χ3n) is 9.35. The first kappa shape index (κ1) is 35.3. The van der Waals surface area contributed by atoms with Crippen LogP contribution in [0.15, 0.2) is 79.1 Å². The van der Waals surface area contributed by atoms with Gasteiger partial charge in [-0.3, -0.25) is 9.88 Å². The lowest BCUT2D eigenvalue weighted by Crippen LogP contribution is -2.52. The number of nitrogens with one attached hydrogen (secondary N) is 1. The van der Waals surface area contributed by atoms with Crippen LogP contribution in [0.2, 0.25) is 10.0 Å². The molecule has 50 heavy (non-hydrogen) atoms. The van der Waals surface area contributed by atoms with Crippen LogP contribution in [0.3, 0.4) is 0 Å². The Morgan fingerprint density at radius 2 is 1.56 bits per heavy atom. The molecule has 262 valence electrons. The normalized spacial score (nSPS) is 19.2. The molecule has 10 nitrogen and oxygen atoms in total. The second-order valence-electron chi connectivity index (χ2n) is 12.3. The van der Waals surface area contributed by atoms with Gasteiger partial charge in [-0.2, -0.15) is 0 Å². The molecule has 1 N–H and O–H groups in total. The summed E-state index contributed by atoms with van der Waals surface area (Å²) in [5.41, 5.74) is 2.80. The maximum absolute atomic E-state index is 13.8. The van der Waals surface area contributed by atoms with Crippen LogP contribution in [0.1, 0.15) is 52.0 Å². The average Bonchev–Trinajstić information content (AvgIpc) is 3.15. The number of pyridine rings is 1. The van der Waals surface area contributed by atoms with E-state index < -0.39 is 18.1 Å². The van der Waals surface area contributed by atoms with Crippen LogP contribution in [0.4, 0.5) is 5.69 Å². The Kier molecular flexibility index (Phi) is 11.3. The molecular formula is C38H39Cl2N3O7. The average molecular weight is 721 g/mol. The third kappa shape index (κ3) is 7.93. The van der Waals surface area contributed by atoms with Gasteiger partial charge in [0.05, 0.1) is 36.9 Å². The fourth-order valence-electron chi connectivity index (χ4n) is 6.60. The van der Waals surface area contributed by atoms with Gasteiger partial charge in [0, 0.05) is 36.6 Å². The number of benzene rings is 3. The van der Waals surface area contributed by atoms with Crippen molar-refractivity contribution in [1.29, 1.82) is 0 Å². The molecule has 4 aromatic rings. The Balaban J connectivity index is 1.22. The lowest BCUT2D eigenvalue weighted by Gasteiger charge is -2.44. The lowest BCUT2D eigenvalue weighted by molar-refractivity contribution is -0.160. The zero-order valence-electron chi connectivity index (χ0n) is 28.1. The van der Waals surface area contributed by atoms with Gasteiger partial charge in [0.2, 0.25) is 0 Å². The minimum Gasteiger partial charge on any atom is -0.496 e. The Morgan fingerprint density at radius 3 is 2.20 bits per heavy atom. The number of fused-ring (bicyclic) bond motifs is 3. The first-order chi connectivity index (χ1) is 24.3. The van der Waals surface area contributed by atoms with E-state index in [1.165, 1.54) is 19.5 Å². The smallest absolute Gasteiger partial charge is 0.338 e. The van der Waals surface area contributed by atoms with E-state index in [4.69, 9.17) is 46.9 Å². The molecule has 0 amide bonds. The number of carbonyl (C=O) groups excluding carboxylic acids is 2. The number of hydrogen-bond acceptors (Lipinski definition) is 10. The van der Waals surface area contributed by atoms with Gasteiger partial charge in [0.1, 0.15) is 18.0 Å². The Labute approximate surface area is 301 Å². The number of aromatic nitrogens is 1. The summed E-state index contributed by atoms with van der Waals surface area (Å²) >= 11 is 12.9. The summed E-state index contributed by atoms with van der Waals surface area (Å²) in [7, 11) is 4.65. The van der Waals surface area contributed by atoms with Crippen LogP contribution in [0, 0.1) is 5.92 Å². The Morgan fingerprint density at radius 1 is 0.880 bits per heavy atom. The van der Waals surface area contributed by atoms with E-state index in [0.717, 1.165) is 32.5 Å². The second kappa shape index (κ2) is 16.0. The SMILES string of the molecule is COc1ccc(C(Cc2c(Cl)cncc2Cl)OC(=O)c2ccc(NC(C(=O)O[C@H]3CN4CCC3CC4)c3ccccc3OC)cc2)cc1OC. The number of nitrogens with zero attached hydrogens (tertiary/aromatic N) is 2. The monoisotopic (exact) mass is 719 g/mol. The van der Waals surface area contributed by atoms with Crippen LogP contribution >= 0.6 is 23.2 Å². The standard InChI is InChI=1S/C38H39Cl2N3O7/c1-46-31-7-5-4-6-27(31)36(38(45)50-35-22-43-16-14-23(35)15-17-43)42-26-11-8-24(9-12-26)37(44)49-33(19-28-29(39)20-41-21-30(28)40)25-10-13-32(47-2)34(18-25)48-3/h4-13,18,20-21,23,33,35-36,42H,14-17,19,22H2,1-3H3/t33?,35-,36?/m0/s1. The highest BCUT2D eigenvalue weighted by atomic mass is 35.5. The molecule has 3 aromatic carbocycles. The number of ether oxygens (including phenoxy) is 5. The topological polar surface area (TPSA) is 108 Å². The zero-order valence-corrected chi connectivity index (χ0v) is 29.6. The predicted octanol–water partition coefficient (Wildman–Crippen LogP) is 7.35. The molecule has 3 atom stereocenters. The quantitative estimate of drug-likeness (QED) is 0.141. The molecular weight excluding hydrogens is 681 g/mol. The number of para-hydroxylation sites is 1. The second-order valence-corrected chi connectivity index (χ2v) is 13.1. The number of methoxy groups -OCH3 is 3. The maximum atomic E-state index is 13.8. The van der Waals surface area contributed by atoms with Crippen molar-refractivity contribution in [1.82, 2.24) is 9.88 Å². The highest BCUT2D eigenvalue weighted by Crippen LogP contribution is 2.37. The summed E-state index contributed by atoms with van der Waals surface area (Å²) < 4.78 is 28.7. The first-order valence-electron chi connectivity index (χ1n) is 16.4. The zero-order chi connectivity index (χ0) is 35.2. The minimum absolute atomic E-state index is 0.156. The van der Waals surface area contributed by atoms with E-state index in [2.05, 4.69) is 15.2 Å². The Hall–Kier alpha value is -4.51. The summed E-state index contributed by atoms with van der Waals surface area (Å²) in [5, 5.41) is 4.03. The molecule has 3 aliphatic heterocycles. The Bertz CT molecular complexity index is 1790. The van der Waals surface area contributed by atoms with E-state index in [9.17, 15) is 9.59 Å². The van der Waals surface area contributed by atoms with E-state index in [1.54, 1.807) is 56.7 Å². The largest absolute Gasteiger partial charge is 0.496 e. The van der Waals surface area contributed by atoms with E-state index in [0.29, 0.717) is 61.2 Å². The number of esters is 2. The molecule has 1 aromatic heterocycles. The highest BCUT2D eigenvalue weighted by molar-refractivity contribution is 6.35. The van der Waals surface area contributed by atoms with Gasteiger partial charge >= 0.3 is 11.9 Å². The van der Waals surface area contributed by atoms with Crippen molar-refractivity contribution < 1.29 is 33.3 Å². The van der Waals surface area contributed by atoms with Crippen LogP contribution in [-0.4, -0.2) is 68.9 Å². The molecule has 2 bridgehead atoms. The van der Waals surface area contributed by atoms with Crippen molar-refractivity contribution in [3.63, 3.8) is 0 Å². The molecule has 4 heterocycles. The van der Waals surface area contributed by atoms with Crippen molar-refractivity contribution in [2.45, 2.75) is 37.5 Å². The molecule has 2 unspecified atom stereocenters. The van der Waals surface area contributed by atoms with E-state index in [1.807, 2.05) is 24.3 Å². The van der Waals surface area contributed by atoms with Crippen molar-refractivity contribution >= 4 is 40.8 Å². The molecule has 0 aliphatic carbocycles. The fraction of sp³-hybridized carbons (Fsp3) is 0.342. The molecule has 3 saturated heterocycles. The molecule has 3 fully saturated rings. The summed E-state index contributed by atoms with van der Waals surface area (Å²) in [5.74, 6) is 0.977. The highest BCUT2D eigenvalue weighted by Gasteiger charge is 2.38. The van der Waals surface area contributed by atoms with Crippen molar-refractivity contribution in [3.05, 3.63) is 111 Å². The van der Waals surface area contributed by atoms with Gasteiger partial charge in [-0.1, -0.05) is 47.5 Å². The number of piperidine rings is 3. The summed E-state index contributed by atoms with van der Waals surface area (Å²) in [4.78, 5) is 33.8. The van der Waals surface area contributed by atoms with Crippen LogP contribution in [-0.2, 0) is 20.7 Å². The molecule has 7 rings (SSSR count). The number of halogens is 2. The molecule has 0 spiro atoms. The minimum atomic E-state index is -0.844. The summed E-state index contributed by atoms with van der Waals surface area (Å²) in [6, 6.07) is 18.5. The van der Waals surface area contributed by atoms with E-state index in [-0.39, 0.29) is 18.5 Å². The molecule has 0 saturated carbocycles. The van der Waals surface area contributed by atoms with Crippen LogP contribution in [0.25, 0.3) is 0 Å². The van der Waals surface area contributed by atoms with Gasteiger partial charge in [0.15, 0.2) is 17.5 Å². The molecule has 12 heteroatoms. The van der Waals surface area contributed by atoms with Gasteiger partial charge < -0.3 is 29.0 Å². The molecule has 0 radical (unpaired) electrons. The summed E-state index contributed by atoms with van der Waals surface area (Å²) in [6.07, 6.45) is 4.28. The number of anilines is 1. The number of hydrogen-bond donors (Lipinski definition) is 1. The first-order valence-corrected chi connectivity index (χ1v) is 17.2. The fourth-order valence-corrected chi connectivity index (χ4v) is 7.11. The third-order valence-corrected chi connectivity index (χ3v) is 10.0. The van der Waals surface area contributed by atoms with E-state index >= 15 is 0 Å². The van der Waals surface area contributed by atoms with Crippen molar-refractivity contribution in [2.75, 3.05) is 46.3 Å². The van der Waals surface area contributed by atoms with Crippen LogP contribution in [0.5, 0.6) is 17.2 Å². The van der Waals surface area contributed by atoms with Crippen molar-refractivity contribution in [2.24, 2.45) is 5.92 Å².